The van der Waals surface area contributed by atoms with Gasteiger partial charge in [-0.3, -0.25) is 4.99 Å². The first-order valence-electron chi connectivity index (χ1n) is 8.74. The summed E-state index contributed by atoms with van der Waals surface area (Å²) in [5, 5.41) is 6.13. The van der Waals surface area contributed by atoms with E-state index in [0.29, 0.717) is 12.5 Å². The highest BCUT2D eigenvalue weighted by Gasteiger charge is 2.13. The van der Waals surface area contributed by atoms with Gasteiger partial charge in [-0.2, -0.15) is 0 Å². The van der Waals surface area contributed by atoms with E-state index in [2.05, 4.69) is 25.5 Å². The first-order valence-corrected chi connectivity index (χ1v) is 8.74. The lowest BCUT2D eigenvalue weighted by molar-refractivity contribution is 0.581. The van der Waals surface area contributed by atoms with E-state index in [1.54, 1.807) is 7.05 Å². The summed E-state index contributed by atoms with van der Waals surface area (Å²) in [6, 6.07) is 7.46. The standard InChI is InChI=1S/C19H23F2N5.HI/c1-22-19(25-13-15-10-16(20)5-6-17(15)21)24-12-14-4-7-18(23-11-14)26-8-2-3-9-26;/h4-7,10-11H,2-3,8-9,12-13H2,1H3,(H2,22,24,25);1H. The topological polar surface area (TPSA) is 52.6 Å². The first kappa shape index (κ1) is 21.3. The van der Waals surface area contributed by atoms with Crippen LogP contribution in [0.25, 0.3) is 0 Å². The second-order valence-electron chi connectivity index (χ2n) is 6.23. The van der Waals surface area contributed by atoms with Crippen molar-refractivity contribution in [1.29, 1.82) is 0 Å². The van der Waals surface area contributed by atoms with Crippen LogP contribution in [0.15, 0.2) is 41.5 Å². The predicted octanol–water partition coefficient (Wildman–Crippen LogP) is 3.44. The Balaban J connectivity index is 0.00000261. The third kappa shape index (κ3) is 6.02. The van der Waals surface area contributed by atoms with Gasteiger partial charge in [-0.25, -0.2) is 13.8 Å². The van der Waals surface area contributed by atoms with E-state index in [4.69, 9.17) is 0 Å². The Labute approximate surface area is 175 Å². The van der Waals surface area contributed by atoms with Crippen LogP contribution in [0.4, 0.5) is 14.6 Å². The number of nitrogens with one attached hydrogen (secondary N) is 2. The fraction of sp³-hybridized carbons (Fsp3) is 0.368. The summed E-state index contributed by atoms with van der Waals surface area (Å²) >= 11 is 0. The van der Waals surface area contributed by atoms with Crippen molar-refractivity contribution in [2.45, 2.75) is 25.9 Å². The fourth-order valence-corrected chi connectivity index (χ4v) is 2.92. The van der Waals surface area contributed by atoms with E-state index in [1.807, 2.05) is 18.3 Å². The lowest BCUT2D eigenvalue weighted by Gasteiger charge is -2.16. The molecule has 0 atom stereocenters. The summed E-state index contributed by atoms with van der Waals surface area (Å²) in [6.07, 6.45) is 4.29. The van der Waals surface area contributed by atoms with E-state index < -0.39 is 11.6 Å². The lowest BCUT2D eigenvalue weighted by Crippen LogP contribution is -2.36. The number of pyridine rings is 1. The summed E-state index contributed by atoms with van der Waals surface area (Å²) in [7, 11) is 1.63. The molecule has 5 nitrogen and oxygen atoms in total. The molecule has 27 heavy (non-hydrogen) atoms. The van der Waals surface area contributed by atoms with Crippen LogP contribution in [0.2, 0.25) is 0 Å². The highest BCUT2D eigenvalue weighted by atomic mass is 127. The minimum absolute atomic E-state index is 0. The van der Waals surface area contributed by atoms with Gasteiger partial charge >= 0.3 is 0 Å². The molecular formula is C19H24F2IN5. The largest absolute Gasteiger partial charge is 0.357 e. The Morgan fingerprint density at radius 2 is 1.85 bits per heavy atom. The number of aromatic nitrogens is 1. The van der Waals surface area contributed by atoms with Crippen molar-refractivity contribution in [2.75, 3.05) is 25.0 Å². The van der Waals surface area contributed by atoms with Crippen molar-refractivity contribution in [3.8, 4) is 0 Å². The maximum Gasteiger partial charge on any atom is 0.191 e. The highest BCUT2D eigenvalue weighted by molar-refractivity contribution is 14.0. The zero-order valence-corrected chi connectivity index (χ0v) is 17.5. The first-order chi connectivity index (χ1) is 12.7. The number of benzene rings is 1. The van der Waals surface area contributed by atoms with Crippen LogP contribution in [-0.4, -0.2) is 31.1 Å². The normalized spacial score (nSPS) is 14.0. The Hall–Kier alpha value is -1.97. The zero-order valence-electron chi connectivity index (χ0n) is 15.2. The Kier molecular flexibility index (Phi) is 8.21. The lowest BCUT2D eigenvalue weighted by atomic mass is 10.2. The van der Waals surface area contributed by atoms with Gasteiger partial charge in [-0.1, -0.05) is 6.07 Å². The highest BCUT2D eigenvalue weighted by Crippen LogP contribution is 2.17. The second-order valence-corrected chi connectivity index (χ2v) is 6.23. The number of hydrogen-bond donors (Lipinski definition) is 2. The van der Waals surface area contributed by atoms with Crippen LogP contribution < -0.4 is 15.5 Å². The second kappa shape index (κ2) is 10.4. The van der Waals surface area contributed by atoms with E-state index in [9.17, 15) is 8.78 Å². The van der Waals surface area contributed by atoms with Gasteiger partial charge in [-0.15, -0.1) is 24.0 Å². The van der Waals surface area contributed by atoms with Gasteiger partial charge in [0.15, 0.2) is 5.96 Å². The molecule has 1 saturated heterocycles. The molecule has 2 heterocycles. The third-order valence-corrected chi connectivity index (χ3v) is 4.38. The number of nitrogens with zero attached hydrogens (tertiary/aromatic N) is 3. The number of anilines is 1. The minimum atomic E-state index is -0.463. The van der Waals surface area contributed by atoms with Crippen molar-refractivity contribution >= 4 is 35.8 Å². The molecule has 1 aromatic heterocycles. The van der Waals surface area contributed by atoms with Gasteiger partial charge in [-0.05, 0) is 42.7 Å². The number of halogens is 3. The van der Waals surface area contributed by atoms with E-state index in [0.717, 1.165) is 36.6 Å². The van der Waals surface area contributed by atoms with Gasteiger partial charge in [0.25, 0.3) is 0 Å². The predicted molar refractivity (Wildman–Crippen MR) is 114 cm³/mol. The van der Waals surface area contributed by atoms with E-state index in [1.165, 1.54) is 18.9 Å². The average molecular weight is 487 g/mol. The maximum atomic E-state index is 13.7. The molecule has 0 radical (unpaired) electrons. The Bertz CT molecular complexity index is 761. The minimum Gasteiger partial charge on any atom is -0.357 e. The summed E-state index contributed by atoms with van der Waals surface area (Å²) in [6.45, 7) is 2.82. The average Bonchev–Trinajstić information content (AvgIpc) is 3.20. The van der Waals surface area contributed by atoms with Gasteiger partial charge in [0, 0.05) is 45.0 Å². The molecule has 0 aliphatic carbocycles. The molecule has 0 unspecified atom stereocenters. The van der Waals surface area contributed by atoms with Crippen LogP contribution in [0.3, 0.4) is 0 Å². The van der Waals surface area contributed by atoms with Crippen molar-refractivity contribution in [1.82, 2.24) is 15.6 Å². The van der Waals surface area contributed by atoms with Crippen LogP contribution in [0, 0.1) is 11.6 Å². The summed E-state index contributed by atoms with van der Waals surface area (Å²) < 4.78 is 26.9. The molecule has 146 valence electrons. The molecule has 0 amide bonds. The summed E-state index contributed by atoms with van der Waals surface area (Å²) in [4.78, 5) is 10.9. The summed E-state index contributed by atoms with van der Waals surface area (Å²) in [5.41, 5.74) is 1.28. The Morgan fingerprint density at radius 3 is 2.52 bits per heavy atom. The molecule has 0 spiro atoms. The molecule has 0 saturated carbocycles. The zero-order chi connectivity index (χ0) is 18.4. The van der Waals surface area contributed by atoms with Crippen LogP contribution in [0.1, 0.15) is 24.0 Å². The molecule has 1 fully saturated rings. The molecule has 2 aromatic rings. The molecule has 1 aromatic carbocycles. The Morgan fingerprint density at radius 1 is 1.11 bits per heavy atom. The van der Waals surface area contributed by atoms with E-state index >= 15 is 0 Å². The fourth-order valence-electron chi connectivity index (χ4n) is 2.92. The van der Waals surface area contributed by atoms with E-state index in [-0.39, 0.29) is 36.1 Å². The van der Waals surface area contributed by atoms with Gasteiger partial charge in [0.2, 0.25) is 0 Å². The number of guanidine groups is 1. The number of hydrogen-bond acceptors (Lipinski definition) is 3. The van der Waals surface area contributed by atoms with Crippen LogP contribution in [-0.2, 0) is 13.1 Å². The molecule has 3 rings (SSSR count). The SMILES string of the molecule is CN=C(NCc1ccc(N2CCCC2)nc1)NCc1cc(F)ccc1F.I. The van der Waals surface area contributed by atoms with Crippen LogP contribution in [0.5, 0.6) is 0 Å². The molecule has 0 bridgehead atoms. The molecule has 1 aliphatic rings. The van der Waals surface area contributed by atoms with Gasteiger partial charge < -0.3 is 15.5 Å². The third-order valence-electron chi connectivity index (χ3n) is 4.38. The van der Waals surface area contributed by atoms with Crippen molar-refractivity contribution in [3.05, 3.63) is 59.3 Å². The van der Waals surface area contributed by atoms with Crippen LogP contribution >= 0.6 is 24.0 Å². The number of aliphatic imine (C=N–C) groups is 1. The molecule has 1 aliphatic heterocycles. The smallest absolute Gasteiger partial charge is 0.191 e. The van der Waals surface area contributed by atoms with Crippen molar-refractivity contribution < 1.29 is 8.78 Å². The maximum absolute atomic E-state index is 13.7. The van der Waals surface area contributed by atoms with Gasteiger partial charge in [0.05, 0.1) is 0 Å². The molecular weight excluding hydrogens is 463 g/mol. The van der Waals surface area contributed by atoms with Crippen molar-refractivity contribution in [3.63, 3.8) is 0 Å². The monoisotopic (exact) mass is 487 g/mol. The van der Waals surface area contributed by atoms with Gasteiger partial charge in [0.1, 0.15) is 17.5 Å². The quantitative estimate of drug-likeness (QED) is 0.386. The molecule has 2 N–H and O–H groups in total. The molecule has 8 heteroatoms. The van der Waals surface area contributed by atoms with Crippen molar-refractivity contribution in [2.24, 2.45) is 4.99 Å². The summed E-state index contributed by atoms with van der Waals surface area (Å²) in [5.74, 6) is 0.610. The number of rotatable bonds is 5.